The molecule has 1 aromatic heterocycles. The molecule has 1 aliphatic rings. The number of aromatic amines is 1. The molecule has 0 spiro atoms. The highest BCUT2D eigenvalue weighted by atomic mass is 16.1. The van der Waals surface area contributed by atoms with Crippen LogP contribution in [0.3, 0.4) is 0 Å². The topological polar surface area (TPSA) is 61.0 Å². The number of carbonyl (C=O) groups excluding carboxylic acids is 1. The van der Waals surface area contributed by atoms with Crippen LogP contribution in [0.4, 0.5) is 0 Å². The smallest absolute Gasteiger partial charge is 0.220 e. The molecule has 4 rings (SSSR count). The van der Waals surface area contributed by atoms with Crippen molar-refractivity contribution in [1.29, 1.82) is 0 Å². The summed E-state index contributed by atoms with van der Waals surface area (Å²) in [5.41, 5.74) is 3.60. The number of rotatable bonds is 9. The van der Waals surface area contributed by atoms with Crippen LogP contribution < -0.4 is 5.32 Å². The number of nitrogens with one attached hydrogen (secondary N) is 2. The molecule has 5 heteroatoms. The van der Waals surface area contributed by atoms with Crippen molar-refractivity contribution >= 4 is 16.8 Å². The van der Waals surface area contributed by atoms with Gasteiger partial charge in [-0.1, -0.05) is 36.4 Å². The third-order valence-electron chi connectivity index (χ3n) is 6.07. The van der Waals surface area contributed by atoms with E-state index in [1.807, 2.05) is 12.3 Å². The summed E-state index contributed by atoms with van der Waals surface area (Å²) in [4.78, 5) is 14.9. The Morgan fingerprint density at radius 3 is 2.72 bits per heavy atom. The second-order valence-corrected chi connectivity index (χ2v) is 8.48. The average molecular weight is 391 g/mol. The van der Waals surface area contributed by atoms with E-state index in [-0.39, 0.29) is 11.9 Å². The SMILES string of the molecule is CN(C)[C@H](CNC(=O)C[C@H](c1ccccc1)C1CC1)Cc1ccc2[nH]ncc2c1. The lowest BCUT2D eigenvalue weighted by Crippen LogP contribution is -2.42. The molecule has 0 aliphatic heterocycles. The van der Waals surface area contributed by atoms with Gasteiger partial charge in [-0.3, -0.25) is 9.89 Å². The lowest BCUT2D eigenvalue weighted by atomic mass is 9.90. The van der Waals surface area contributed by atoms with Crippen LogP contribution in [0.5, 0.6) is 0 Å². The van der Waals surface area contributed by atoms with Gasteiger partial charge in [0.1, 0.15) is 0 Å². The molecule has 2 aromatic carbocycles. The number of likely N-dealkylation sites (N-methyl/N-ethyl adjacent to an activating group) is 1. The summed E-state index contributed by atoms with van der Waals surface area (Å²) in [5, 5.41) is 11.4. The zero-order valence-electron chi connectivity index (χ0n) is 17.3. The van der Waals surface area contributed by atoms with Crippen LogP contribution in [-0.2, 0) is 11.2 Å². The zero-order valence-corrected chi connectivity index (χ0v) is 17.3. The summed E-state index contributed by atoms with van der Waals surface area (Å²) >= 11 is 0. The molecule has 3 aromatic rings. The molecule has 1 saturated carbocycles. The van der Waals surface area contributed by atoms with Crippen LogP contribution in [0.1, 0.15) is 36.3 Å². The maximum atomic E-state index is 12.7. The normalized spacial score (nSPS) is 16.1. The van der Waals surface area contributed by atoms with Gasteiger partial charge >= 0.3 is 0 Å². The predicted molar refractivity (Wildman–Crippen MR) is 117 cm³/mol. The predicted octanol–water partition coefficient (Wildman–Crippen LogP) is 3.74. The lowest BCUT2D eigenvalue weighted by molar-refractivity contribution is -0.121. The van der Waals surface area contributed by atoms with E-state index in [1.54, 1.807) is 0 Å². The van der Waals surface area contributed by atoms with E-state index < -0.39 is 0 Å². The zero-order chi connectivity index (χ0) is 20.2. The molecular formula is C24H30N4O. The van der Waals surface area contributed by atoms with Crippen molar-refractivity contribution in [1.82, 2.24) is 20.4 Å². The molecule has 1 amide bonds. The number of aromatic nitrogens is 2. The van der Waals surface area contributed by atoms with Crippen LogP contribution in [0, 0.1) is 5.92 Å². The fourth-order valence-electron chi connectivity index (χ4n) is 4.09. The van der Waals surface area contributed by atoms with E-state index >= 15 is 0 Å². The summed E-state index contributed by atoms with van der Waals surface area (Å²) in [6, 6.07) is 17.1. The first-order chi connectivity index (χ1) is 14.1. The molecule has 152 valence electrons. The van der Waals surface area contributed by atoms with Crippen molar-refractivity contribution in [3.05, 3.63) is 65.9 Å². The largest absolute Gasteiger partial charge is 0.355 e. The highest BCUT2D eigenvalue weighted by Gasteiger charge is 2.33. The Kier molecular flexibility index (Phi) is 5.95. The minimum absolute atomic E-state index is 0.155. The molecule has 5 nitrogen and oxygen atoms in total. The lowest BCUT2D eigenvalue weighted by Gasteiger charge is -2.25. The Morgan fingerprint density at radius 2 is 2.00 bits per heavy atom. The van der Waals surface area contributed by atoms with E-state index in [0.29, 0.717) is 24.8 Å². The van der Waals surface area contributed by atoms with Crippen LogP contribution in [0.2, 0.25) is 0 Å². The monoisotopic (exact) mass is 390 g/mol. The van der Waals surface area contributed by atoms with Crippen molar-refractivity contribution in [3.8, 4) is 0 Å². The van der Waals surface area contributed by atoms with Gasteiger partial charge in [0.25, 0.3) is 0 Å². The second-order valence-electron chi connectivity index (χ2n) is 8.48. The van der Waals surface area contributed by atoms with E-state index in [2.05, 4.69) is 77.0 Å². The molecule has 0 bridgehead atoms. The fraction of sp³-hybridized carbons (Fsp3) is 0.417. The molecule has 1 fully saturated rings. The van der Waals surface area contributed by atoms with Gasteiger partial charge in [0.05, 0.1) is 11.7 Å². The third-order valence-corrected chi connectivity index (χ3v) is 6.07. The number of fused-ring (bicyclic) bond motifs is 1. The Morgan fingerprint density at radius 1 is 1.21 bits per heavy atom. The highest BCUT2D eigenvalue weighted by molar-refractivity contribution is 5.78. The highest BCUT2D eigenvalue weighted by Crippen LogP contribution is 2.44. The van der Waals surface area contributed by atoms with Gasteiger partial charge in [-0.05, 0) is 68.5 Å². The number of benzene rings is 2. The number of amides is 1. The molecule has 0 unspecified atom stereocenters. The Labute approximate surface area is 172 Å². The van der Waals surface area contributed by atoms with Gasteiger partial charge in [-0.15, -0.1) is 0 Å². The van der Waals surface area contributed by atoms with Gasteiger partial charge in [0.15, 0.2) is 0 Å². The van der Waals surface area contributed by atoms with Crippen LogP contribution >= 0.6 is 0 Å². The number of hydrogen-bond acceptors (Lipinski definition) is 3. The van der Waals surface area contributed by atoms with Crippen LogP contribution in [-0.4, -0.2) is 47.7 Å². The molecule has 2 atom stereocenters. The van der Waals surface area contributed by atoms with Crippen molar-refractivity contribution in [2.75, 3.05) is 20.6 Å². The minimum atomic E-state index is 0.155. The summed E-state index contributed by atoms with van der Waals surface area (Å²) in [5.74, 6) is 1.16. The van der Waals surface area contributed by atoms with Gasteiger partial charge in [0.2, 0.25) is 5.91 Å². The molecule has 0 radical (unpaired) electrons. The maximum Gasteiger partial charge on any atom is 0.220 e. The first-order valence-electron chi connectivity index (χ1n) is 10.5. The summed E-state index contributed by atoms with van der Waals surface area (Å²) in [7, 11) is 4.15. The molecule has 1 aliphatic carbocycles. The fourth-order valence-corrected chi connectivity index (χ4v) is 4.09. The second kappa shape index (κ2) is 8.78. The van der Waals surface area contributed by atoms with Crippen molar-refractivity contribution in [2.45, 2.75) is 37.6 Å². The number of H-pyrrole nitrogens is 1. The molecule has 1 heterocycles. The standard InChI is InChI=1S/C24H30N4O/c1-28(2)21(13-17-8-11-23-20(12-17)15-26-27-23)16-25-24(29)14-22(19-9-10-19)18-6-4-3-5-7-18/h3-8,11-12,15,19,21-22H,9-10,13-14,16H2,1-2H3,(H,25,29)(H,26,27)/t21-,22+/m0/s1. The van der Waals surface area contributed by atoms with E-state index in [1.165, 1.54) is 24.0 Å². The van der Waals surface area contributed by atoms with E-state index in [4.69, 9.17) is 0 Å². The van der Waals surface area contributed by atoms with E-state index in [0.717, 1.165) is 17.3 Å². The third kappa shape index (κ3) is 5.04. The van der Waals surface area contributed by atoms with Crippen LogP contribution in [0.25, 0.3) is 10.9 Å². The first kappa shape index (κ1) is 19.6. The summed E-state index contributed by atoms with van der Waals surface area (Å²) < 4.78 is 0. The Bertz CT molecular complexity index is 946. The van der Waals surface area contributed by atoms with Gasteiger partial charge in [0, 0.05) is 24.4 Å². The minimum Gasteiger partial charge on any atom is -0.355 e. The maximum absolute atomic E-state index is 12.7. The molecule has 2 N–H and O–H groups in total. The number of hydrogen-bond donors (Lipinski definition) is 2. The molecular weight excluding hydrogens is 360 g/mol. The quantitative estimate of drug-likeness (QED) is 0.585. The molecule has 29 heavy (non-hydrogen) atoms. The van der Waals surface area contributed by atoms with Crippen LogP contribution in [0.15, 0.2) is 54.7 Å². The van der Waals surface area contributed by atoms with Gasteiger partial charge in [-0.2, -0.15) is 5.10 Å². The van der Waals surface area contributed by atoms with Crippen molar-refractivity contribution in [2.24, 2.45) is 5.92 Å². The summed E-state index contributed by atoms with van der Waals surface area (Å²) in [6.45, 7) is 0.654. The Balaban J connectivity index is 1.35. The van der Waals surface area contributed by atoms with E-state index in [9.17, 15) is 4.79 Å². The number of carbonyl (C=O) groups is 1. The summed E-state index contributed by atoms with van der Waals surface area (Å²) in [6.07, 6.45) is 5.80. The average Bonchev–Trinajstić information content (AvgIpc) is 3.46. The van der Waals surface area contributed by atoms with Gasteiger partial charge < -0.3 is 10.2 Å². The van der Waals surface area contributed by atoms with Crippen molar-refractivity contribution < 1.29 is 4.79 Å². The first-order valence-corrected chi connectivity index (χ1v) is 10.5. The Hall–Kier alpha value is -2.66. The van der Waals surface area contributed by atoms with Crippen molar-refractivity contribution in [3.63, 3.8) is 0 Å². The number of nitrogens with zero attached hydrogens (tertiary/aromatic N) is 2. The molecule has 0 saturated heterocycles. The van der Waals surface area contributed by atoms with Gasteiger partial charge in [-0.25, -0.2) is 0 Å².